The molecule has 0 heterocycles. The van der Waals surface area contributed by atoms with E-state index >= 15 is 0 Å². The molecule has 0 bridgehead atoms. The van der Waals surface area contributed by atoms with Crippen LogP contribution >= 0.6 is 166 Å². The van der Waals surface area contributed by atoms with Crippen LogP contribution < -0.4 is 0 Å². The van der Waals surface area contributed by atoms with Gasteiger partial charge in [-0.05, 0) is 146 Å². The first-order valence-electron chi connectivity index (χ1n) is 16.0. The third-order valence-electron chi connectivity index (χ3n) is 7.44. The van der Waals surface area contributed by atoms with Crippen LogP contribution in [0.2, 0.25) is 0 Å². The van der Waals surface area contributed by atoms with Crippen LogP contribution in [0.4, 0.5) is 0 Å². The minimum absolute atomic E-state index is 1.06. The fourth-order valence-electron chi connectivity index (χ4n) is 4.90. The quantitative estimate of drug-likeness (QED) is 0.119. The summed E-state index contributed by atoms with van der Waals surface area (Å²) < 4.78 is 6.33. The fraction of sp³-hybridized carbons (Fsp3) is 0. The molecule has 54 heavy (non-hydrogen) atoms. The summed E-state index contributed by atoms with van der Waals surface area (Å²) in [7, 11) is 0. The summed E-state index contributed by atoms with van der Waals surface area (Å²) in [6.07, 6.45) is 0. The molecule has 0 fully saturated rings. The van der Waals surface area contributed by atoms with Crippen LogP contribution in [0.1, 0.15) is 0 Å². The van der Waals surface area contributed by atoms with Crippen molar-refractivity contribution in [1.29, 1.82) is 0 Å². The topological polar surface area (TPSA) is 0 Å². The van der Waals surface area contributed by atoms with E-state index in [1.165, 1.54) is 58.7 Å². The van der Waals surface area contributed by atoms with Crippen LogP contribution in [0.15, 0.2) is 231 Å². The van der Waals surface area contributed by atoms with E-state index in [9.17, 15) is 0 Å². The molecule has 0 N–H and O–H groups in total. The zero-order valence-corrected chi connectivity index (χ0v) is 42.0. The number of hydrogen-bond acceptors (Lipinski definition) is 6. The Hall–Kier alpha value is -0.480. The van der Waals surface area contributed by atoms with E-state index in [4.69, 9.17) is 0 Å². The standard InChI is InChI=1S/C42H24Br6S6/c43-25-1-13-31(14-2-25)49-37-38(50-32-15-3-26(44)4-16-32)40(52-34-19-7-28(46)8-20-34)42(54-36-23-11-30(48)12-24-36)41(53-35-21-9-29(47)10-22-35)39(37)51-33-17-5-27(45)6-18-33/h1-24H. The Bertz CT molecular complexity index is 1900. The summed E-state index contributed by atoms with van der Waals surface area (Å²) in [5.74, 6) is 0. The first kappa shape index (κ1) is 41.7. The minimum Gasteiger partial charge on any atom is -0.0876 e. The Morgan fingerprint density at radius 1 is 0.185 bits per heavy atom. The maximum Gasteiger partial charge on any atom is 0.0425 e. The molecule has 0 aromatic heterocycles. The van der Waals surface area contributed by atoms with Crippen molar-refractivity contribution >= 4 is 166 Å². The van der Waals surface area contributed by atoms with Gasteiger partial charge in [-0.15, -0.1) is 0 Å². The maximum absolute atomic E-state index is 3.67. The van der Waals surface area contributed by atoms with E-state index in [-0.39, 0.29) is 0 Å². The molecular formula is C42H24Br6S6. The van der Waals surface area contributed by atoms with Crippen molar-refractivity contribution in [1.82, 2.24) is 0 Å². The molecule has 7 aromatic rings. The van der Waals surface area contributed by atoms with Gasteiger partial charge in [0, 0.05) is 85.6 Å². The zero-order chi connectivity index (χ0) is 37.6. The van der Waals surface area contributed by atoms with E-state index < -0.39 is 0 Å². The molecule has 270 valence electrons. The first-order valence-corrected chi connectivity index (χ1v) is 25.7. The number of hydrogen-bond donors (Lipinski definition) is 0. The summed E-state index contributed by atoms with van der Waals surface area (Å²) in [5, 5.41) is 0. The lowest BCUT2D eigenvalue weighted by Crippen LogP contribution is -1.97. The fourth-order valence-corrected chi connectivity index (χ4v) is 13.8. The Morgan fingerprint density at radius 3 is 0.407 bits per heavy atom. The number of rotatable bonds is 12. The second-order valence-corrected chi connectivity index (χ2v) is 23.3. The van der Waals surface area contributed by atoms with E-state index in [2.05, 4.69) is 241 Å². The highest BCUT2D eigenvalue weighted by atomic mass is 79.9. The predicted molar refractivity (Wildman–Crippen MR) is 256 cm³/mol. The Morgan fingerprint density at radius 2 is 0.296 bits per heavy atom. The molecule has 0 atom stereocenters. The van der Waals surface area contributed by atoms with Gasteiger partial charge in [-0.1, -0.05) is 166 Å². The van der Waals surface area contributed by atoms with Crippen LogP contribution in [-0.4, -0.2) is 0 Å². The summed E-state index contributed by atoms with van der Waals surface area (Å²) in [6.45, 7) is 0. The molecule has 0 nitrogen and oxygen atoms in total. The van der Waals surface area contributed by atoms with Crippen molar-refractivity contribution in [2.45, 2.75) is 58.7 Å². The average Bonchev–Trinajstić information content (AvgIpc) is 3.17. The molecule has 0 aliphatic rings. The number of benzene rings is 7. The highest BCUT2D eigenvalue weighted by Gasteiger charge is 2.29. The van der Waals surface area contributed by atoms with Gasteiger partial charge < -0.3 is 0 Å². The molecule has 0 spiro atoms. The monoisotopic (exact) mass is 1190 g/mol. The molecule has 0 saturated heterocycles. The van der Waals surface area contributed by atoms with Crippen LogP contribution in [-0.2, 0) is 0 Å². The van der Waals surface area contributed by atoms with Gasteiger partial charge in [0.05, 0.1) is 0 Å². The molecule has 0 aliphatic heterocycles. The SMILES string of the molecule is Brc1ccc(Sc2c(Sc3ccc(Br)cc3)c(Sc3ccc(Br)cc3)c(Sc3ccc(Br)cc3)c(Sc3ccc(Br)cc3)c2Sc2ccc(Br)cc2)cc1. The number of halogens is 6. The Labute approximate surface area is 392 Å². The maximum atomic E-state index is 3.67. The van der Waals surface area contributed by atoms with Gasteiger partial charge in [-0.3, -0.25) is 0 Å². The van der Waals surface area contributed by atoms with Crippen molar-refractivity contribution in [3.05, 3.63) is 172 Å². The lowest BCUT2D eigenvalue weighted by Gasteiger charge is -2.25. The molecular weight excluding hydrogens is 1180 g/mol. The van der Waals surface area contributed by atoms with Gasteiger partial charge >= 0.3 is 0 Å². The first-order chi connectivity index (χ1) is 26.2. The Balaban J connectivity index is 1.57. The van der Waals surface area contributed by atoms with Crippen molar-refractivity contribution in [2.24, 2.45) is 0 Å². The second-order valence-electron chi connectivity index (χ2n) is 11.3. The summed E-state index contributed by atoms with van der Waals surface area (Å²) in [5.41, 5.74) is 0. The molecule has 7 rings (SSSR count). The predicted octanol–water partition coefficient (Wildman–Crippen LogP) is 19.2. The van der Waals surface area contributed by atoms with Crippen molar-refractivity contribution < 1.29 is 0 Å². The summed E-state index contributed by atoms with van der Waals surface area (Å²) in [6, 6.07) is 51.9. The smallest absolute Gasteiger partial charge is 0.0425 e. The van der Waals surface area contributed by atoms with Gasteiger partial charge in [-0.2, -0.15) is 0 Å². The van der Waals surface area contributed by atoms with Crippen LogP contribution in [0.5, 0.6) is 0 Å². The lowest BCUT2D eigenvalue weighted by atomic mass is 10.3. The largest absolute Gasteiger partial charge is 0.0876 e. The molecule has 12 heteroatoms. The average molecular weight is 1200 g/mol. The van der Waals surface area contributed by atoms with Gasteiger partial charge in [-0.25, -0.2) is 0 Å². The van der Waals surface area contributed by atoms with E-state index in [0.717, 1.165) is 26.8 Å². The van der Waals surface area contributed by atoms with E-state index in [0.29, 0.717) is 0 Å². The van der Waals surface area contributed by atoms with Gasteiger partial charge in [0.25, 0.3) is 0 Å². The van der Waals surface area contributed by atoms with Crippen LogP contribution in [0.3, 0.4) is 0 Å². The van der Waals surface area contributed by atoms with Crippen molar-refractivity contribution in [2.75, 3.05) is 0 Å². The minimum atomic E-state index is 1.06. The third-order valence-corrected chi connectivity index (χ3v) is 18.1. The normalized spacial score (nSPS) is 11.2. The molecule has 0 aliphatic carbocycles. The van der Waals surface area contributed by atoms with Gasteiger partial charge in [0.2, 0.25) is 0 Å². The van der Waals surface area contributed by atoms with Crippen LogP contribution in [0.25, 0.3) is 0 Å². The third kappa shape index (κ3) is 11.4. The lowest BCUT2D eigenvalue weighted by molar-refractivity contribution is 0.871. The van der Waals surface area contributed by atoms with E-state index in [1.807, 2.05) is 70.6 Å². The van der Waals surface area contributed by atoms with Gasteiger partial charge in [0.1, 0.15) is 0 Å². The highest BCUT2D eigenvalue weighted by Crippen LogP contribution is 2.59. The zero-order valence-electron chi connectivity index (χ0n) is 27.6. The van der Waals surface area contributed by atoms with E-state index in [1.54, 1.807) is 0 Å². The molecule has 7 aromatic carbocycles. The summed E-state index contributed by atoms with van der Waals surface area (Å²) in [4.78, 5) is 14.3. The Kier molecular flexibility index (Phi) is 15.4. The van der Waals surface area contributed by atoms with Crippen molar-refractivity contribution in [3.8, 4) is 0 Å². The molecule has 0 unspecified atom stereocenters. The summed E-state index contributed by atoms with van der Waals surface area (Å²) >= 11 is 33.0. The van der Waals surface area contributed by atoms with Crippen LogP contribution in [0, 0.1) is 0 Å². The van der Waals surface area contributed by atoms with Crippen molar-refractivity contribution in [3.63, 3.8) is 0 Å². The molecule has 0 saturated carbocycles. The van der Waals surface area contributed by atoms with Gasteiger partial charge in [0.15, 0.2) is 0 Å². The molecule has 0 radical (unpaired) electrons. The highest BCUT2D eigenvalue weighted by molar-refractivity contribution is 9.11. The second kappa shape index (κ2) is 20.0. The molecule has 0 amide bonds.